The van der Waals surface area contributed by atoms with Crippen molar-refractivity contribution in [3.8, 4) is 0 Å². The highest BCUT2D eigenvalue weighted by molar-refractivity contribution is 5.73. The Balaban J connectivity index is 1.26. The normalized spacial score (nSPS) is 20.8. The number of carbonyl (C=O) groups is 1. The molecule has 2 amide bonds. The second-order valence-electron chi connectivity index (χ2n) is 7.77. The smallest absolute Gasteiger partial charge is 0.314 e. The minimum absolute atomic E-state index is 0.191. The molecule has 0 radical (unpaired) electrons. The molecule has 1 aromatic rings. The fourth-order valence-electron chi connectivity index (χ4n) is 4.31. The minimum Gasteiger partial charge on any atom is -0.387 e. The van der Waals surface area contributed by atoms with Gasteiger partial charge in [0.25, 0.3) is 0 Å². The molecule has 0 aromatic heterocycles. The highest BCUT2D eigenvalue weighted by Crippen LogP contribution is 2.28. The quantitative estimate of drug-likeness (QED) is 0.701. The summed E-state index contributed by atoms with van der Waals surface area (Å²) in [7, 11) is 0. The Morgan fingerprint density at radius 2 is 1.77 bits per heavy atom. The molecule has 1 saturated heterocycles. The van der Waals surface area contributed by atoms with E-state index in [2.05, 4.69) is 15.5 Å². The van der Waals surface area contributed by atoms with E-state index in [0.29, 0.717) is 6.54 Å². The zero-order valence-corrected chi connectivity index (χ0v) is 15.7. The number of hydrogen-bond acceptors (Lipinski definition) is 3. The SMILES string of the molecule is O=C(NCCC1CCN(C2CCCC2)CC1)NC[C@@H](O)c1ccccc1. The summed E-state index contributed by atoms with van der Waals surface area (Å²) in [6.07, 6.45) is 8.49. The maximum atomic E-state index is 11.9. The van der Waals surface area contributed by atoms with Crippen LogP contribution in [0.2, 0.25) is 0 Å². The number of carbonyl (C=O) groups excluding carboxylic acids is 1. The molecule has 1 aromatic carbocycles. The van der Waals surface area contributed by atoms with Crippen molar-refractivity contribution in [3.63, 3.8) is 0 Å². The van der Waals surface area contributed by atoms with E-state index in [4.69, 9.17) is 0 Å². The molecule has 1 aliphatic carbocycles. The minimum atomic E-state index is -0.665. The molecular weight excluding hydrogens is 326 g/mol. The number of nitrogens with zero attached hydrogens (tertiary/aromatic N) is 1. The molecule has 1 aliphatic heterocycles. The molecule has 1 heterocycles. The molecule has 144 valence electrons. The van der Waals surface area contributed by atoms with Gasteiger partial charge in [0.1, 0.15) is 0 Å². The first-order valence-corrected chi connectivity index (χ1v) is 10.2. The highest BCUT2D eigenvalue weighted by Gasteiger charge is 2.26. The topological polar surface area (TPSA) is 64.6 Å². The lowest BCUT2D eigenvalue weighted by Crippen LogP contribution is -2.41. The van der Waals surface area contributed by atoms with Crippen molar-refractivity contribution < 1.29 is 9.90 Å². The van der Waals surface area contributed by atoms with Crippen LogP contribution in [-0.4, -0.2) is 48.3 Å². The maximum Gasteiger partial charge on any atom is 0.314 e. The van der Waals surface area contributed by atoms with Crippen LogP contribution in [0.1, 0.15) is 56.6 Å². The summed E-state index contributed by atoms with van der Waals surface area (Å²) in [4.78, 5) is 14.6. The van der Waals surface area contributed by atoms with Gasteiger partial charge in [-0.3, -0.25) is 0 Å². The number of likely N-dealkylation sites (tertiary alicyclic amines) is 1. The fourth-order valence-corrected chi connectivity index (χ4v) is 4.31. The molecule has 0 spiro atoms. The van der Waals surface area contributed by atoms with E-state index < -0.39 is 6.10 Å². The Hall–Kier alpha value is -1.59. The first-order valence-electron chi connectivity index (χ1n) is 10.2. The lowest BCUT2D eigenvalue weighted by molar-refractivity contribution is 0.131. The van der Waals surface area contributed by atoms with Crippen molar-refractivity contribution in [1.29, 1.82) is 0 Å². The third-order valence-electron chi connectivity index (χ3n) is 5.97. The molecule has 2 aliphatic rings. The van der Waals surface area contributed by atoms with E-state index in [-0.39, 0.29) is 12.6 Å². The van der Waals surface area contributed by atoms with Crippen molar-refractivity contribution in [2.45, 2.75) is 57.1 Å². The second-order valence-corrected chi connectivity index (χ2v) is 7.77. The van der Waals surface area contributed by atoms with Crippen LogP contribution in [0.4, 0.5) is 4.79 Å². The third-order valence-corrected chi connectivity index (χ3v) is 5.97. The molecule has 1 atom stereocenters. The molecule has 3 N–H and O–H groups in total. The van der Waals surface area contributed by atoms with Gasteiger partial charge in [0, 0.05) is 19.1 Å². The summed E-state index contributed by atoms with van der Waals surface area (Å²) in [6.45, 7) is 3.40. The summed E-state index contributed by atoms with van der Waals surface area (Å²) < 4.78 is 0. The molecule has 2 fully saturated rings. The van der Waals surface area contributed by atoms with Crippen LogP contribution in [0.5, 0.6) is 0 Å². The monoisotopic (exact) mass is 359 g/mol. The molecule has 5 nitrogen and oxygen atoms in total. The molecule has 1 saturated carbocycles. The van der Waals surface area contributed by atoms with Gasteiger partial charge >= 0.3 is 6.03 Å². The summed E-state index contributed by atoms with van der Waals surface area (Å²) in [5, 5.41) is 15.7. The van der Waals surface area contributed by atoms with Gasteiger partial charge in [0.15, 0.2) is 0 Å². The number of aliphatic hydroxyl groups excluding tert-OH is 1. The summed E-state index contributed by atoms with van der Waals surface area (Å²) in [5.74, 6) is 0.725. The Morgan fingerprint density at radius 3 is 2.46 bits per heavy atom. The van der Waals surface area contributed by atoms with Crippen molar-refractivity contribution in [2.24, 2.45) is 5.92 Å². The number of urea groups is 1. The Morgan fingerprint density at radius 1 is 1.08 bits per heavy atom. The van der Waals surface area contributed by atoms with Gasteiger partial charge in [-0.15, -0.1) is 0 Å². The van der Waals surface area contributed by atoms with E-state index in [1.165, 1.54) is 51.6 Å². The highest BCUT2D eigenvalue weighted by atomic mass is 16.3. The largest absolute Gasteiger partial charge is 0.387 e. The Kier molecular flexibility index (Phi) is 7.32. The zero-order chi connectivity index (χ0) is 18.2. The Bertz CT molecular complexity index is 537. The van der Waals surface area contributed by atoms with E-state index in [0.717, 1.165) is 23.9 Å². The van der Waals surface area contributed by atoms with Crippen LogP contribution in [-0.2, 0) is 0 Å². The molecule has 0 unspecified atom stereocenters. The van der Waals surface area contributed by atoms with Crippen molar-refractivity contribution in [2.75, 3.05) is 26.2 Å². The van der Waals surface area contributed by atoms with Gasteiger partial charge in [-0.25, -0.2) is 4.79 Å². The lowest BCUT2D eigenvalue weighted by Gasteiger charge is -2.36. The van der Waals surface area contributed by atoms with E-state index >= 15 is 0 Å². The van der Waals surface area contributed by atoms with Crippen LogP contribution >= 0.6 is 0 Å². The van der Waals surface area contributed by atoms with Crippen LogP contribution in [0, 0.1) is 5.92 Å². The van der Waals surface area contributed by atoms with E-state index in [9.17, 15) is 9.90 Å². The molecule has 5 heteroatoms. The van der Waals surface area contributed by atoms with Gasteiger partial charge in [0.05, 0.1) is 6.10 Å². The van der Waals surface area contributed by atoms with E-state index in [1.807, 2.05) is 30.3 Å². The van der Waals surface area contributed by atoms with Gasteiger partial charge in [-0.1, -0.05) is 43.2 Å². The van der Waals surface area contributed by atoms with E-state index in [1.54, 1.807) is 0 Å². The molecular formula is C21H33N3O2. The first-order chi connectivity index (χ1) is 12.7. The lowest BCUT2D eigenvalue weighted by atomic mass is 9.92. The number of benzene rings is 1. The predicted molar refractivity (Wildman–Crippen MR) is 104 cm³/mol. The standard InChI is InChI=1S/C21H33N3O2/c25-20(18-6-2-1-3-7-18)16-23-21(26)22-13-10-17-11-14-24(15-12-17)19-8-4-5-9-19/h1-3,6-7,17,19-20,25H,4-5,8-16H2,(H2,22,23,26)/t20-/m1/s1. The molecule has 26 heavy (non-hydrogen) atoms. The average molecular weight is 360 g/mol. The second kappa shape index (κ2) is 9.93. The van der Waals surface area contributed by atoms with Gasteiger partial charge < -0.3 is 20.6 Å². The van der Waals surface area contributed by atoms with Crippen LogP contribution in [0.3, 0.4) is 0 Å². The van der Waals surface area contributed by atoms with Crippen molar-refractivity contribution in [1.82, 2.24) is 15.5 Å². The zero-order valence-electron chi connectivity index (χ0n) is 15.7. The van der Waals surface area contributed by atoms with Crippen LogP contribution in [0.15, 0.2) is 30.3 Å². The number of aliphatic hydroxyl groups is 1. The maximum absolute atomic E-state index is 11.9. The van der Waals surface area contributed by atoms with Crippen LogP contribution < -0.4 is 10.6 Å². The number of rotatable bonds is 7. The average Bonchev–Trinajstić information content (AvgIpc) is 3.22. The van der Waals surface area contributed by atoms with Gasteiger partial charge in [-0.2, -0.15) is 0 Å². The summed E-state index contributed by atoms with van der Waals surface area (Å²) >= 11 is 0. The number of amides is 2. The summed E-state index contributed by atoms with van der Waals surface area (Å²) in [6, 6.07) is 10.1. The third kappa shape index (κ3) is 5.71. The fraction of sp³-hybridized carbons (Fsp3) is 0.667. The van der Waals surface area contributed by atoms with Crippen LogP contribution in [0.25, 0.3) is 0 Å². The first kappa shape index (κ1) is 19.2. The number of nitrogens with one attached hydrogen (secondary N) is 2. The van der Waals surface area contributed by atoms with Gasteiger partial charge in [-0.05, 0) is 56.7 Å². The predicted octanol–water partition coefficient (Wildman–Crippen LogP) is 3.06. The Labute approximate surface area is 157 Å². The van der Waals surface area contributed by atoms with Crippen molar-refractivity contribution >= 4 is 6.03 Å². The van der Waals surface area contributed by atoms with Gasteiger partial charge in [0.2, 0.25) is 0 Å². The summed E-state index contributed by atoms with van der Waals surface area (Å²) in [5.41, 5.74) is 0.821. The molecule has 3 rings (SSSR count). The van der Waals surface area contributed by atoms with Crippen molar-refractivity contribution in [3.05, 3.63) is 35.9 Å². The number of hydrogen-bond donors (Lipinski definition) is 3. The molecule has 0 bridgehead atoms. The number of piperidine rings is 1.